The fourth-order valence-electron chi connectivity index (χ4n) is 7.01. The number of hydrogen-bond donors (Lipinski definition) is 3. The highest BCUT2D eigenvalue weighted by molar-refractivity contribution is 6.31. The van der Waals surface area contributed by atoms with Crippen molar-refractivity contribution in [1.82, 2.24) is 0 Å². The van der Waals surface area contributed by atoms with Gasteiger partial charge >= 0.3 is 5.97 Å². The SMILES string of the molecule is C[C@H]1c2cccc(O)c2C(=O)C2C(=O)[C@]3(O)C(=O)C(C(N)=O)C(=O)C[C@@H]3[C@@H](OC(=O)C3CCCCC3)[C@@H]21. The van der Waals surface area contributed by atoms with Crippen LogP contribution in [0.2, 0.25) is 0 Å². The third-order valence-corrected chi connectivity index (χ3v) is 8.88. The van der Waals surface area contributed by atoms with E-state index in [1.54, 1.807) is 19.1 Å². The zero-order valence-corrected chi connectivity index (χ0v) is 20.3. The Morgan fingerprint density at radius 1 is 1.05 bits per heavy atom. The lowest BCUT2D eigenvalue weighted by molar-refractivity contribution is -0.200. The standard InChI is InChI=1S/C27H29NO9/c1-11-13-8-5-9-15(29)18(13)21(31)20-17(11)22(37-26(35)12-6-3-2-4-7-12)14-10-16(30)19(25(28)34)23(32)27(14,36)24(20)33/h5,8-9,11-12,14,17,19-20,22,29,36H,2-4,6-7,10H2,1H3,(H2,28,34)/t11-,14+,17+,19?,20?,22+,27+/m0/s1. The Labute approximate surface area is 212 Å². The molecule has 4 aliphatic rings. The number of fused-ring (bicyclic) bond motifs is 3. The molecule has 4 aliphatic carbocycles. The maximum Gasteiger partial charge on any atom is 0.309 e. The van der Waals surface area contributed by atoms with Crippen LogP contribution in [-0.4, -0.2) is 56.9 Å². The molecule has 0 radical (unpaired) electrons. The Hall–Kier alpha value is -3.40. The van der Waals surface area contributed by atoms with E-state index >= 15 is 0 Å². The summed E-state index contributed by atoms with van der Waals surface area (Å²) in [7, 11) is 0. The van der Waals surface area contributed by atoms with Crippen LogP contribution < -0.4 is 5.73 Å². The summed E-state index contributed by atoms with van der Waals surface area (Å²) in [5.74, 6) is -13.6. The number of amides is 1. The molecule has 4 N–H and O–H groups in total. The molecule has 1 aromatic rings. The lowest BCUT2D eigenvalue weighted by Gasteiger charge is -2.53. The van der Waals surface area contributed by atoms with E-state index in [-0.39, 0.29) is 11.3 Å². The number of benzene rings is 1. The van der Waals surface area contributed by atoms with Gasteiger partial charge in [-0.3, -0.25) is 28.8 Å². The summed E-state index contributed by atoms with van der Waals surface area (Å²) < 4.78 is 5.95. The number of esters is 1. The molecule has 7 atom stereocenters. The van der Waals surface area contributed by atoms with Crippen molar-refractivity contribution in [3.63, 3.8) is 0 Å². The number of carbonyl (C=O) groups excluding carboxylic acids is 6. The summed E-state index contributed by atoms with van der Waals surface area (Å²) >= 11 is 0. The number of hydrogen-bond acceptors (Lipinski definition) is 9. The monoisotopic (exact) mass is 511 g/mol. The first-order chi connectivity index (χ1) is 17.5. The fraction of sp³-hybridized carbons (Fsp3) is 0.556. The molecule has 3 saturated carbocycles. The van der Waals surface area contributed by atoms with Gasteiger partial charge in [0.2, 0.25) is 5.91 Å². The third-order valence-electron chi connectivity index (χ3n) is 8.88. The van der Waals surface area contributed by atoms with Crippen LogP contribution >= 0.6 is 0 Å². The molecule has 37 heavy (non-hydrogen) atoms. The molecular weight excluding hydrogens is 482 g/mol. The number of carbonyl (C=O) groups is 6. The molecule has 5 rings (SSSR count). The highest BCUT2D eigenvalue weighted by Gasteiger charge is 2.71. The highest BCUT2D eigenvalue weighted by atomic mass is 16.5. The predicted octanol–water partition coefficient (Wildman–Crippen LogP) is 0.990. The molecule has 2 unspecified atom stereocenters. The second-order valence-corrected chi connectivity index (χ2v) is 10.8. The minimum absolute atomic E-state index is 0.102. The summed E-state index contributed by atoms with van der Waals surface area (Å²) in [6.45, 7) is 1.71. The average molecular weight is 512 g/mol. The summed E-state index contributed by atoms with van der Waals surface area (Å²) in [4.78, 5) is 78.9. The Kier molecular flexibility index (Phi) is 6.05. The number of phenolic OH excluding ortho intramolecular Hbond substituents is 1. The molecule has 0 heterocycles. The van der Waals surface area contributed by atoms with Gasteiger partial charge < -0.3 is 20.7 Å². The first kappa shape index (κ1) is 25.3. The van der Waals surface area contributed by atoms with E-state index in [1.807, 2.05) is 0 Å². The Bertz CT molecular complexity index is 1230. The highest BCUT2D eigenvalue weighted by Crippen LogP contribution is 2.55. The minimum Gasteiger partial charge on any atom is -0.507 e. The van der Waals surface area contributed by atoms with Crippen molar-refractivity contribution < 1.29 is 43.7 Å². The molecular formula is C27H29NO9. The normalized spacial score (nSPS) is 35.8. The number of aromatic hydroxyl groups is 1. The van der Waals surface area contributed by atoms with E-state index in [0.717, 1.165) is 19.3 Å². The van der Waals surface area contributed by atoms with E-state index in [1.165, 1.54) is 6.07 Å². The van der Waals surface area contributed by atoms with E-state index in [4.69, 9.17) is 10.5 Å². The Morgan fingerprint density at radius 3 is 2.38 bits per heavy atom. The Morgan fingerprint density at radius 2 is 1.73 bits per heavy atom. The molecule has 10 nitrogen and oxygen atoms in total. The van der Waals surface area contributed by atoms with Gasteiger partial charge in [-0.1, -0.05) is 38.3 Å². The lowest BCUT2D eigenvalue weighted by Crippen LogP contribution is -2.73. The van der Waals surface area contributed by atoms with Gasteiger partial charge in [0.05, 0.1) is 17.4 Å². The second-order valence-electron chi connectivity index (χ2n) is 10.8. The van der Waals surface area contributed by atoms with E-state index in [2.05, 4.69) is 0 Å². The number of phenols is 1. The largest absolute Gasteiger partial charge is 0.507 e. The van der Waals surface area contributed by atoms with Crippen LogP contribution in [0, 0.1) is 29.6 Å². The third kappa shape index (κ3) is 3.56. The maximum atomic E-state index is 13.8. The van der Waals surface area contributed by atoms with Gasteiger partial charge in [0.1, 0.15) is 11.9 Å². The molecule has 1 aromatic carbocycles. The number of rotatable bonds is 3. The van der Waals surface area contributed by atoms with Crippen LogP contribution in [0.3, 0.4) is 0 Å². The molecule has 10 heteroatoms. The van der Waals surface area contributed by atoms with Crippen LogP contribution in [0.1, 0.15) is 67.3 Å². The first-order valence-electron chi connectivity index (χ1n) is 12.7. The van der Waals surface area contributed by atoms with Crippen molar-refractivity contribution in [2.45, 2.75) is 63.1 Å². The lowest BCUT2D eigenvalue weighted by atomic mass is 9.50. The average Bonchev–Trinajstić information content (AvgIpc) is 2.86. The van der Waals surface area contributed by atoms with Crippen molar-refractivity contribution in [3.05, 3.63) is 29.3 Å². The number of ether oxygens (including phenoxy) is 1. The number of aliphatic hydroxyl groups is 1. The van der Waals surface area contributed by atoms with E-state index in [0.29, 0.717) is 18.4 Å². The zero-order chi connectivity index (χ0) is 26.8. The van der Waals surface area contributed by atoms with Crippen LogP contribution in [0.25, 0.3) is 0 Å². The second kappa shape index (κ2) is 8.86. The van der Waals surface area contributed by atoms with E-state index in [9.17, 15) is 39.0 Å². The fourth-order valence-corrected chi connectivity index (χ4v) is 7.01. The van der Waals surface area contributed by atoms with Crippen LogP contribution in [0.15, 0.2) is 18.2 Å². The van der Waals surface area contributed by atoms with Gasteiger partial charge in [-0.15, -0.1) is 0 Å². The van der Waals surface area contributed by atoms with Gasteiger partial charge in [0.25, 0.3) is 0 Å². The van der Waals surface area contributed by atoms with Crippen molar-refractivity contribution >= 4 is 35.0 Å². The summed E-state index contributed by atoms with van der Waals surface area (Å²) in [6.07, 6.45) is 1.92. The number of nitrogens with two attached hydrogens (primary N) is 1. The van der Waals surface area contributed by atoms with Crippen molar-refractivity contribution in [2.24, 2.45) is 35.3 Å². The van der Waals surface area contributed by atoms with Gasteiger partial charge in [0, 0.05) is 18.3 Å². The van der Waals surface area contributed by atoms with Gasteiger partial charge in [-0.25, -0.2) is 0 Å². The van der Waals surface area contributed by atoms with E-state index < -0.39 is 88.6 Å². The number of primary amides is 1. The molecule has 0 aliphatic heterocycles. The van der Waals surface area contributed by atoms with Crippen molar-refractivity contribution in [1.29, 1.82) is 0 Å². The summed E-state index contributed by atoms with van der Waals surface area (Å²) in [5.41, 5.74) is 2.67. The van der Waals surface area contributed by atoms with Crippen LogP contribution in [-0.2, 0) is 28.7 Å². The smallest absolute Gasteiger partial charge is 0.309 e. The topological polar surface area (TPSA) is 178 Å². The summed E-state index contributed by atoms with van der Waals surface area (Å²) in [5, 5.41) is 22.1. The quantitative estimate of drug-likeness (QED) is 0.394. The predicted molar refractivity (Wildman–Crippen MR) is 125 cm³/mol. The van der Waals surface area contributed by atoms with Gasteiger partial charge in [0.15, 0.2) is 34.7 Å². The molecule has 0 saturated heterocycles. The minimum atomic E-state index is -2.93. The molecule has 0 bridgehead atoms. The molecule has 196 valence electrons. The van der Waals surface area contributed by atoms with Gasteiger partial charge in [-0.05, 0) is 30.4 Å². The molecule has 3 fully saturated rings. The van der Waals surface area contributed by atoms with Crippen LogP contribution in [0.4, 0.5) is 0 Å². The summed E-state index contributed by atoms with van der Waals surface area (Å²) in [6, 6.07) is 4.47. The van der Waals surface area contributed by atoms with Crippen molar-refractivity contribution in [2.75, 3.05) is 0 Å². The first-order valence-corrected chi connectivity index (χ1v) is 12.7. The molecule has 0 aromatic heterocycles. The maximum absolute atomic E-state index is 13.8. The molecule has 0 spiro atoms. The number of ketones is 4. The molecule has 1 amide bonds. The van der Waals surface area contributed by atoms with Crippen molar-refractivity contribution in [3.8, 4) is 5.75 Å². The zero-order valence-electron chi connectivity index (χ0n) is 20.3. The Balaban J connectivity index is 1.66. The van der Waals surface area contributed by atoms with Gasteiger partial charge in [-0.2, -0.15) is 0 Å². The van der Waals surface area contributed by atoms with Crippen LogP contribution in [0.5, 0.6) is 5.75 Å². The number of Topliss-reactive ketones (excluding diaryl/α,β-unsaturated/α-hetero) is 4.